The van der Waals surface area contributed by atoms with Crippen LogP contribution in [0.15, 0.2) is 12.1 Å². The zero-order valence-electron chi connectivity index (χ0n) is 13.3. The van der Waals surface area contributed by atoms with Crippen molar-refractivity contribution in [1.82, 2.24) is 4.98 Å². The molecule has 1 aromatic rings. The molecule has 0 aliphatic rings. The van der Waals surface area contributed by atoms with E-state index in [0.717, 1.165) is 18.5 Å². The van der Waals surface area contributed by atoms with Gasteiger partial charge in [0, 0.05) is 5.69 Å². The minimum Gasteiger partial charge on any atom is -0.462 e. The van der Waals surface area contributed by atoms with E-state index >= 15 is 0 Å². The third-order valence-corrected chi connectivity index (χ3v) is 3.57. The van der Waals surface area contributed by atoms with E-state index in [-0.39, 0.29) is 11.9 Å². The van der Waals surface area contributed by atoms with E-state index in [1.807, 2.05) is 13.8 Å². The van der Waals surface area contributed by atoms with Gasteiger partial charge in [0.15, 0.2) is 0 Å². The number of unbranched alkanes of at least 4 members (excludes halogenated alkanes) is 5. The Bertz CT molecular complexity index is 446. The van der Waals surface area contributed by atoms with E-state index < -0.39 is 0 Å². The second-order valence-electron chi connectivity index (χ2n) is 5.66. The van der Waals surface area contributed by atoms with Crippen LogP contribution in [0.2, 0.25) is 5.15 Å². The number of halogens is 1. The number of carbonyl (C=O) groups is 1. The van der Waals surface area contributed by atoms with Crippen molar-refractivity contribution in [2.45, 2.75) is 65.2 Å². The van der Waals surface area contributed by atoms with Crippen LogP contribution in [0.5, 0.6) is 0 Å². The first-order valence-corrected chi connectivity index (χ1v) is 8.27. The van der Waals surface area contributed by atoms with Crippen LogP contribution in [-0.4, -0.2) is 17.6 Å². The van der Waals surface area contributed by atoms with E-state index in [1.54, 1.807) is 12.1 Å². The van der Waals surface area contributed by atoms with Gasteiger partial charge in [-0.05, 0) is 24.5 Å². The highest BCUT2D eigenvalue weighted by Gasteiger charge is 2.12. The summed E-state index contributed by atoms with van der Waals surface area (Å²) in [7, 11) is 0. The molecule has 118 valence electrons. The third kappa shape index (κ3) is 6.94. The molecule has 0 fully saturated rings. The standard InChI is InChI=1S/C17H26ClNO2/c1-4-5-6-7-8-9-10-21-17(20)14-11-15(13(2)3)19-16(18)12-14/h11-13H,4-10H2,1-3H3. The first kappa shape index (κ1) is 18.0. The van der Waals surface area contributed by atoms with Crippen LogP contribution in [0.4, 0.5) is 0 Å². The molecule has 0 saturated carbocycles. The number of nitrogens with zero attached hydrogens (tertiary/aromatic N) is 1. The summed E-state index contributed by atoms with van der Waals surface area (Å²) in [6, 6.07) is 3.33. The van der Waals surface area contributed by atoms with Gasteiger partial charge in [0.05, 0.1) is 12.2 Å². The SMILES string of the molecule is CCCCCCCCOC(=O)c1cc(Cl)nc(C(C)C)c1. The molecular formula is C17H26ClNO2. The minimum atomic E-state index is -0.310. The Morgan fingerprint density at radius 3 is 2.52 bits per heavy atom. The molecule has 0 saturated heterocycles. The molecule has 1 rings (SSSR count). The maximum Gasteiger partial charge on any atom is 0.338 e. The summed E-state index contributed by atoms with van der Waals surface area (Å²) in [5.41, 5.74) is 1.30. The molecule has 0 aromatic carbocycles. The molecule has 0 N–H and O–H groups in total. The summed E-state index contributed by atoms with van der Waals surface area (Å²) in [4.78, 5) is 16.2. The molecule has 3 nitrogen and oxygen atoms in total. The number of esters is 1. The lowest BCUT2D eigenvalue weighted by molar-refractivity contribution is 0.0497. The van der Waals surface area contributed by atoms with Crippen molar-refractivity contribution in [3.63, 3.8) is 0 Å². The van der Waals surface area contributed by atoms with Crippen molar-refractivity contribution < 1.29 is 9.53 Å². The van der Waals surface area contributed by atoms with Crippen molar-refractivity contribution in [2.75, 3.05) is 6.61 Å². The molecule has 21 heavy (non-hydrogen) atoms. The van der Waals surface area contributed by atoms with Crippen LogP contribution in [0.1, 0.15) is 81.3 Å². The highest BCUT2D eigenvalue weighted by Crippen LogP contribution is 2.18. The number of hydrogen-bond acceptors (Lipinski definition) is 3. The Morgan fingerprint density at radius 1 is 1.19 bits per heavy atom. The van der Waals surface area contributed by atoms with Gasteiger partial charge in [-0.2, -0.15) is 0 Å². The van der Waals surface area contributed by atoms with Crippen LogP contribution in [0.25, 0.3) is 0 Å². The Labute approximate surface area is 133 Å². The summed E-state index contributed by atoms with van der Waals surface area (Å²) in [6.45, 7) is 6.71. The van der Waals surface area contributed by atoms with E-state index in [9.17, 15) is 4.79 Å². The number of ether oxygens (including phenoxy) is 1. The van der Waals surface area contributed by atoms with E-state index in [0.29, 0.717) is 17.3 Å². The van der Waals surface area contributed by atoms with Crippen molar-refractivity contribution in [1.29, 1.82) is 0 Å². The third-order valence-electron chi connectivity index (χ3n) is 3.37. The average molecular weight is 312 g/mol. The number of pyridine rings is 1. The Balaban J connectivity index is 2.38. The molecule has 1 aromatic heterocycles. The van der Waals surface area contributed by atoms with Gasteiger partial charge < -0.3 is 4.74 Å². The summed E-state index contributed by atoms with van der Waals surface area (Å²) >= 11 is 5.95. The van der Waals surface area contributed by atoms with Gasteiger partial charge in [0.2, 0.25) is 0 Å². The average Bonchev–Trinajstić information content (AvgIpc) is 2.45. The fraction of sp³-hybridized carbons (Fsp3) is 0.647. The maximum absolute atomic E-state index is 12.0. The van der Waals surface area contributed by atoms with Crippen molar-refractivity contribution >= 4 is 17.6 Å². The summed E-state index contributed by atoms with van der Waals surface area (Å²) < 4.78 is 5.30. The molecular weight excluding hydrogens is 286 g/mol. The van der Waals surface area contributed by atoms with E-state index in [2.05, 4.69) is 11.9 Å². The predicted octanol–water partition coefficient (Wildman–Crippen LogP) is 5.38. The van der Waals surface area contributed by atoms with Crippen LogP contribution in [0, 0.1) is 0 Å². The zero-order chi connectivity index (χ0) is 15.7. The van der Waals surface area contributed by atoms with Crippen molar-refractivity contribution in [3.05, 3.63) is 28.5 Å². The smallest absolute Gasteiger partial charge is 0.338 e. The van der Waals surface area contributed by atoms with Crippen molar-refractivity contribution in [3.8, 4) is 0 Å². The molecule has 0 aliphatic carbocycles. The second-order valence-corrected chi connectivity index (χ2v) is 6.05. The van der Waals surface area contributed by atoms with Gasteiger partial charge in [0.1, 0.15) is 5.15 Å². The molecule has 0 unspecified atom stereocenters. The monoisotopic (exact) mass is 311 g/mol. The Kier molecular flexibility index (Phi) is 8.36. The molecule has 0 aliphatic heterocycles. The van der Waals surface area contributed by atoms with Crippen LogP contribution in [0.3, 0.4) is 0 Å². The van der Waals surface area contributed by atoms with Crippen LogP contribution >= 0.6 is 11.6 Å². The summed E-state index contributed by atoms with van der Waals surface area (Å²) in [5, 5.41) is 0.340. The lowest BCUT2D eigenvalue weighted by atomic mass is 10.1. The summed E-state index contributed by atoms with van der Waals surface area (Å²) in [5.74, 6) is -0.0800. The fourth-order valence-corrected chi connectivity index (χ4v) is 2.28. The molecule has 0 radical (unpaired) electrons. The maximum atomic E-state index is 12.0. The van der Waals surface area contributed by atoms with Crippen molar-refractivity contribution in [2.24, 2.45) is 0 Å². The van der Waals surface area contributed by atoms with Gasteiger partial charge in [-0.1, -0.05) is 64.5 Å². The molecule has 0 atom stereocenters. The second kappa shape index (κ2) is 9.78. The molecule has 0 bridgehead atoms. The Morgan fingerprint density at radius 2 is 1.86 bits per heavy atom. The van der Waals surface area contributed by atoms with Crippen LogP contribution < -0.4 is 0 Å². The Hall–Kier alpha value is -1.09. The highest BCUT2D eigenvalue weighted by molar-refractivity contribution is 6.29. The molecule has 0 spiro atoms. The first-order chi connectivity index (χ1) is 10.0. The molecule has 0 amide bonds. The lowest BCUT2D eigenvalue weighted by Crippen LogP contribution is -2.08. The highest BCUT2D eigenvalue weighted by atomic mass is 35.5. The van der Waals surface area contributed by atoms with Gasteiger partial charge >= 0.3 is 5.97 Å². The minimum absolute atomic E-state index is 0.230. The van der Waals surface area contributed by atoms with E-state index in [4.69, 9.17) is 16.3 Å². The summed E-state index contributed by atoms with van der Waals surface area (Å²) in [6.07, 6.45) is 7.04. The lowest BCUT2D eigenvalue weighted by Gasteiger charge is -2.09. The van der Waals surface area contributed by atoms with E-state index in [1.165, 1.54) is 25.7 Å². The normalized spacial score (nSPS) is 10.9. The van der Waals surface area contributed by atoms with Crippen LogP contribution in [-0.2, 0) is 4.74 Å². The van der Waals surface area contributed by atoms with Gasteiger partial charge in [0.25, 0.3) is 0 Å². The molecule has 4 heteroatoms. The number of aromatic nitrogens is 1. The van der Waals surface area contributed by atoms with Gasteiger partial charge in [-0.15, -0.1) is 0 Å². The zero-order valence-corrected chi connectivity index (χ0v) is 14.1. The largest absolute Gasteiger partial charge is 0.462 e. The number of carbonyl (C=O) groups excluding carboxylic acids is 1. The number of hydrogen-bond donors (Lipinski definition) is 0. The predicted molar refractivity (Wildman–Crippen MR) is 87.0 cm³/mol. The van der Waals surface area contributed by atoms with Gasteiger partial charge in [-0.25, -0.2) is 9.78 Å². The molecule has 1 heterocycles. The number of rotatable bonds is 9. The van der Waals surface area contributed by atoms with Gasteiger partial charge in [-0.3, -0.25) is 0 Å². The first-order valence-electron chi connectivity index (χ1n) is 7.89. The topological polar surface area (TPSA) is 39.2 Å². The quantitative estimate of drug-likeness (QED) is 0.349. The fourth-order valence-electron chi connectivity index (χ4n) is 2.06.